The lowest BCUT2D eigenvalue weighted by molar-refractivity contribution is 0.214. The van der Waals surface area contributed by atoms with Gasteiger partial charge in [-0.3, -0.25) is 0 Å². The Morgan fingerprint density at radius 1 is 1.35 bits per heavy atom. The molecule has 0 bridgehead atoms. The Hall–Kier alpha value is -1.21. The number of rotatable bonds is 4. The van der Waals surface area contributed by atoms with Crippen molar-refractivity contribution in [3.8, 4) is 0 Å². The lowest BCUT2D eigenvalue weighted by atomic mass is 10.2. The fourth-order valence-electron chi connectivity index (χ4n) is 1.76. The van der Waals surface area contributed by atoms with Gasteiger partial charge < -0.3 is 5.11 Å². The Morgan fingerprint density at radius 3 is 2.70 bits per heavy atom. The third-order valence-corrected chi connectivity index (χ3v) is 5.37. The molecule has 0 fully saturated rings. The number of fused-ring (bicyclic) bond motifs is 1. The minimum atomic E-state index is -3.64. The number of aromatic nitrogens is 1. The largest absolute Gasteiger partial charge is 0.395 e. The third-order valence-electron chi connectivity index (χ3n) is 3.19. The number of likely N-dealkylation sites (N-methyl/N-ethyl adjacent to an activating group) is 1. The molecule has 7 heteroatoms. The second-order valence-corrected chi connectivity index (χ2v) is 6.93. The first-order valence-corrected chi connectivity index (χ1v) is 7.83. The van der Waals surface area contributed by atoms with Crippen molar-refractivity contribution in [1.82, 2.24) is 9.29 Å². The van der Waals surface area contributed by atoms with Crippen LogP contribution in [0.15, 0.2) is 35.2 Å². The Bertz CT molecular complexity index is 733. The molecule has 5 nitrogen and oxygen atoms in total. The van der Waals surface area contributed by atoms with Gasteiger partial charge >= 0.3 is 0 Å². The molecule has 0 spiro atoms. The number of hydrogen-bond acceptors (Lipinski definition) is 4. The molecule has 1 aromatic carbocycles. The van der Waals surface area contributed by atoms with Gasteiger partial charge in [0.05, 0.1) is 17.0 Å². The van der Waals surface area contributed by atoms with E-state index in [0.717, 1.165) is 4.31 Å². The highest BCUT2D eigenvalue weighted by Gasteiger charge is 2.25. The molecule has 20 heavy (non-hydrogen) atoms. The zero-order valence-corrected chi connectivity index (χ0v) is 12.7. The van der Waals surface area contributed by atoms with Crippen LogP contribution in [0.5, 0.6) is 0 Å². The Morgan fingerprint density at radius 2 is 2.05 bits per heavy atom. The van der Waals surface area contributed by atoms with Crippen LogP contribution in [-0.4, -0.2) is 42.5 Å². The molecule has 1 aromatic heterocycles. The van der Waals surface area contributed by atoms with Crippen LogP contribution >= 0.6 is 11.6 Å². The average molecular weight is 315 g/mol. The summed E-state index contributed by atoms with van der Waals surface area (Å²) < 4.78 is 26.0. The van der Waals surface area contributed by atoms with Gasteiger partial charge in [-0.2, -0.15) is 4.31 Å². The van der Waals surface area contributed by atoms with E-state index < -0.39 is 16.1 Å². The molecule has 0 aliphatic carbocycles. The molecule has 1 N–H and O–H groups in total. The fraction of sp³-hybridized carbons (Fsp3) is 0.308. The third kappa shape index (κ3) is 2.78. The Labute approximate surface area is 122 Å². The lowest BCUT2D eigenvalue weighted by Crippen LogP contribution is -2.37. The fourth-order valence-corrected chi connectivity index (χ4v) is 3.30. The van der Waals surface area contributed by atoms with E-state index in [-0.39, 0.29) is 11.5 Å². The van der Waals surface area contributed by atoms with Crippen molar-refractivity contribution < 1.29 is 13.5 Å². The molecule has 0 amide bonds. The van der Waals surface area contributed by atoms with E-state index in [4.69, 9.17) is 16.7 Å². The van der Waals surface area contributed by atoms with E-state index in [2.05, 4.69) is 4.98 Å². The van der Waals surface area contributed by atoms with Crippen molar-refractivity contribution in [3.05, 3.63) is 35.5 Å². The normalized spacial score (nSPS) is 13.8. The van der Waals surface area contributed by atoms with Crippen LogP contribution in [0.4, 0.5) is 0 Å². The van der Waals surface area contributed by atoms with Crippen LogP contribution in [0.2, 0.25) is 5.15 Å². The summed E-state index contributed by atoms with van der Waals surface area (Å²) >= 11 is 5.79. The van der Waals surface area contributed by atoms with E-state index in [1.54, 1.807) is 31.2 Å². The highest BCUT2D eigenvalue weighted by Crippen LogP contribution is 2.22. The molecule has 1 heterocycles. The second kappa shape index (κ2) is 5.65. The van der Waals surface area contributed by atoms with Crippen LogP contribution in [0, 0.1) is 0 Å². The minimum Gasteiger partial charge on any atom is -0.395 e. The van der Waals surface area contributed by atoms with E-state index in [1.807, 2.05) is 0 Å². The maximum Gasteiger partial charge on any atom is 0.243 e. The van der Waals surface area contributed by atoms with Gasteiger partial charge in [-0.15, -0.1) is 0 Å². The predicted molar refractivity (Wildman–Crippen MR) is 78.2 cm³/mol. The first-order valence-electron chi connectivity index (χ1n) is 6.01. The number of aliphatic hydroxyl groups excluding tert-OH is 1. The molecule has 0 radical (unpaired) electrons. The van der Waals surface area contributed by atoms with E-state index in [1.165, 1.54) is 13.1 Å². The number of aliphatic hydroxyl groups is 1. The number of halogens is 1. The summed E-state index contributed by atoms with van der Waals surface area (Å²) in [6, 6.07) is 7.50. The van der Waals surface area contributed by atoms with Crippen molar-refractivity contribution in [2.24, 2.45) is 0 Å². The monoisotopic (exact) mass is 314 g/mol. The van der Waals surface area contributed by atoms with Crippen molar-refractivity contribution in [2.75, 3.05) is 13.7 Å². The van der Waals surface area contributed by atoms with Gasteiger partial charge in [-0.05, 0) is 37.3 Å². The number of pyridine rings is 1. The van der Waals surface area contributed by atoms with Crippen LogP contribution in [-0.2, 0) is 10.0 Å². The topological polar surface area (TPSA) is 70.5 Å². The van der Waals surface area contributed by atoms with Crippen molar-refractivity contribution in [2.45, 2.75) is 17.9 Å². The number of hydrogen-bond donors (Lipinski definition) is 1. The van der Waals surface area contributed by atoms with Crippen LogP contribution < -0.4 is 0 Å². The highest BCUT2D eigenvalue weighted by molar-refractivity contribution is 7.89. The molecular formula is C13H15ClN2O3S. The van der Waals surface area contributed by atoms with Gasteiger partial charge in [0.25, 0.3) is 0 Å². The Kier molecular flexibility index (Phi) is 4.29. The molecule has 1 atom stereocenters. The van der Waals surface area contributed by atoms with Gasteiger partial charge in [-0.25, -0.2) is 13.4 Å². The summed E-state index contributed by atoms with van der Waals surface area (Å²) in [6.07, 6.45) is 0. The van der Waals surface area contributed by atoms with Gasteiger partial charge in [0.1, 0.15) is 5.15 Å². The first kappa shape index (κ1) is 15.2. The molecule has 2 rings (SSSR count). The van der Waals surface area contributed by atoms with Gasteiger partial charge in [0.15, 0.2) is 0 Å². The van der Waals surface area contributed by atoms with Gasteiger partial charge in [-0.1, -0.05) is 11.6 Å². The lowest BCUT2D eigenvalue weighted by Gasteiger charge is -2.22. The SMILES string of the molecule is CC(CO)N(C)S(=O)(=O)c1ccc2nc(Cl)ccc2c1. The molecular weight excluding hydrogens is 300 g/mol. The summed E-state index contributed by atoms with van der Waals surface area (Å²) in [5, 5.41) is 10.1. The molecule has 2 aromatic rings. The van der Waals surface area contributed by atoms with Crippen LogP contribution in [0.25, 0.3) is 10.9 Å². The summed E-state index contributed by atoms with van der Waals surface area (Å²) in [6.45, 7) is 1.40. The molecule has 0 saturated heterocycles. The van der Waals surface area contributed by atoms with Crippen molar-refractivity contribution in [1.29, 1.82) is 0 Å². The smallest absolute Gasteiger partial charge is 0.243 e. The summed E-state index contributed by atoms with van der Waals surface area (Å²) in [4.78, 5) is 4.28. The maximum atomic E-state index is 12.4. The zero-order chi connectivity index (χ0) is 14.9. The predicted octanol–water partition coefficient (Wildman–Crippen LogP) is 1.89. The summed E-state index contributed by atoms with van der Waals surface area (Å²) in [7, 11) is -2.19. The van der Waals surface area contributed by atoms with E-state index >= 15 is 0 Å². The highest BCUT2D eigenvalue weighted by atomic mass is 35.5. The summed E-state index contributed by atoms with van der Waals surface area (Å²) in [5.41, 5.74) is 0.634. The quantitative estimate of drug-likeness (QED) is 0.875. The van der Waals surface area contributed by atoms with Crippen molar-refractivity contribution >= 4 is 32.5 Å². The Balaban J connectivity index is 2.50. The molecule has 1 unspecified atom stereocenters. The molecule has 108 valence electrons. The standard InChI is InChI=1S/C13H15ClN2O3S/c1-9(8-17)16(2)20(18,19)11-4-5-12-10(7-11)3-6-13(14)15-12/h3-7,9,17H,8H2,1-2H3. The van der Waals surface area contributed by atoms with Gasteiger partial charge in [0, 0.05) is 18.5 Å². The first-order chi connectivity index (χ1) is 9.36. The van der Waals surface area contributed by atoms with E-state index in [0.29, 0.717) is 16.1 Å². The average Bonchev–Trinajstić information content (AvgIpc) is 2.44. The second-order valence-electron chi connectivity index (χ2n) is 4.54. The number of nitrogens with zero attached hydrogens (tertiary/aromatic N) is 2. The van der Waals surface area contributed by atoms with E-state index in [9.17, 15) is 8.42 Å². The molecule has 0 saturated carbocycles. The summed E-state index contributed by atoms with van der Waals surface area (Å²) in [5.74, 6) is 0. The molecule has 0 aliphatic heterocycles. The number of benzene rings is 1. The number of sulfonamides is 1. The van der Waals surface area contributed by atoms with Crippen LogP contribution in [0.1, 0.15) is 6.92 Å². The zero-order valence-electron chi connectivity index (χ0n) is 11.1. The maximum absolute atomic E-state index is 12.4. The molecule has 0 aliphatic rings. The minimum absolute atomic E-state index is 0.164. The van der Waals surface area contributed by atoms with Gasteiger partial charge in [0.2, 0.25) is 10.0 Å². The van der Waals surface area contributed by atoms with Crippen molar-refractivity contribution in [3.63, 3.8) is 0 Å². The van der Waals surface area contributed by atoms with Crippen LogP contribution in [0.3, 0.4) is 0 Å².